The smallest absolute Gasteiger partial charge is 0.242 e. The molecule has 0 spiro atoms. The largest absolute Gasteiger partial charge is 0.479 e. The van der Waals surface area contributed by atoms with E-state index in [1.54, 1.807) is 6.92 Å². The summed E-state index contributed by atoms with van der Waals surface area (Å²) in [6, 6.07) is 0. The third kappa shape index (κ3) is 3.10. The number of nitrogens with zero attached hydrogens (tertiary/aromatic N) is 3. The van der Waals surface area contributed by atoms with Crippen LogP contribution in [0, 0.1) is 6.92 Å². The molecule has 8 heteroatoms. The number of aliphatic imine (C=N–C) groups is 1. The quantitative estimate of drug-likeness (QED) is 0.631. The van der Waals surface area contributed by atoms with E-state index in [9.17, 15) is 0 Å². The second-order valence-electron chi connectivity index (χ2n) is 3.13. The summed E-state index contributed by atoms with van der Waals surface area (Å²) in [7, 11) is -2.62. The van der Waals surface area contributed by atoms with Crippen LogP contribution in [0.2, 0.25) is 5.15 Å². The molecular weight excluding hydrogens is 266 g/mol. The first-order chi connectivity index (χ1) is 8.85. The number of nitrogens with one attached hydrogen (secondary N) is 2. The van der Waals surface area contributed by atoms with Crippen LogP contribution in [0.15, 0.2) is 4.99 Å². The molecule has 0 saturated heterocycles. The minimum absolute atomic E-state index is 0. The fourth-order valence-corrected chi connectivity index (χ4v) is 1.54. The molecule has 1 aromatic heterocycles. The van der Waals surface area contributed by atoms with Crippen molar-refractivity contribution >= 4 is 35.7 Å². The van der Waals surface area contributed by atoms with E-state index >= 15 is 0 Å². The second kappa shape index (κ2) is 5.88. The Morgan fingerprint density at radius 1 is 1.53 bits per heavy atom. The van der Waals surface area contributed by atoms with Gasteiger partial charge in [0.1, 0.15) is 11.5 Å². The highest BCUT2D eigenvalue weighted by atomic mass is 35.5. The van der Waals surface area contributed by atoms with Crippen LogP contribution in [0.4, 0.5) is 5.69 Å². The Morgan fingerprint density at radius 2 is 2.35 bits per heavy atom. The van der Waals surface area contributed by atoms with Gasteiger partial charge in [0.2, 0.25) is 5.88 Å². The molecule has 0 bridgehead atoms. The second-order valence-corrected chi connectivity index (χ2v) is 3.48. The topological polar surface area (TPSA) is 71.4 Å². The first kappa shape index (κ1) is 9.73. The number of rotatable bonds is 2. The Hall–Kier alpha value is -1.27. The van der Waals surface area contributed by atoms with Gasteiger partial charge in [-0.05, 0) is 6.92 Å². The predicted octanol–water partition coefficient (Wildman–Crippen LogP) is 1.24. The van der Waals surface area contributed by atoms with Crippen LogP contribution in [0.25, 0.3) is 0 Å². The standard InChI is InChI=1S/C9H12ClN5O.ClH/c1-5-13-7(10)6(8(14-5)16-2)15-9-11-3-4-12-9;/h3-4H2,1-2H3,(H2,11,12,15);1H/i2+1D3;. The summed E-state index contributed by atoms with van der Waals surface area (Å²) in [5.74, 6) is 0.662. The highest BCUT2D eigenvalue weighted by molar-refractivity contribution is 6.32. The van der Waals surface area contributed by atoms with Crippen LogP contribution in [0.1, 0.15) is 9.94 Å². The average molecular weight is 282 g/mol. The van der Waals surface area contributed by atoms with E-state index in [2.05, 4.69) is 25.6 Å². The molecule has 0 fully saturated rings. The fourth-order valence-electron chi connectivity index (χ4n) is 1.29. The van der Waals surface area contributed by atoms with Crippen molar-refractivity contribution in [2.24, 2.45) is 4.99 Å². The lowest BCUT2D eigenvalue weighted by molar-refractivity contribution is 0.398. The van der Waals surface area contributed by atoms with E-state index in [-0.39, 0.29) is 29.1 Å². The van der Waals surface area contributed by atoms with Gasteiger partial charge >= 0.3 is 0 Å². The van der Waals surface area contributed by atoms with Crippen LogP contribution in [0.3, 0.4) is 0 Å². The van der Waals surface area contributed by atoms with E-state index in [0.717, 1.165) is 0 Å². The molecule has 0 radical (unpaired) electrons. The maximum Gasteiger partial charge on any atom is 0.242 e. The first-order valence-electron chi connectivity index (χ1n) is 6.14. The van der Waals surface area contributed by atoms with Crippen molar-refractivity contribution in [2.75, 3.05) is 25.4 Å². The molecule has 2 N–H and O–H groups in total. The molecule has 0 aromatic carbocycles. The molecule has 0 atom stereocenters. The number of methoxy groups -OCH3 is 1. The molecule has 0 amide bonds. The molecule has 1 aliphatic heterocycles. The van der Waals surface area contributed by atoms with E-state index in [0.29, 0.717) is 24.9 Å². The molecule has 1 aromatic rings. The van der Waals surface area contributed by atoms with Crippen molar-refractivity contribution in [3.8, 4) is 5.88 Å². The Balaban J connectivity index is 0.00000200. The monoisotopic (exact) mass is 281 g/mol. The van der Waals surface area contributed by atoms with Crippen LogP contribution >= 0.6 is 24.0 Å². The molecule has 0 aliphatic carbocycles. The van der Waals surface area contributed by atoms with Crippen molar-refractivity contribution in [2.45, 2.75) is 6.92 Å². The molecule has 6 nitrogen and oxygen atoms in total. The molecule has 2 rings (SSSR count). The number of guanidine groups is 1. The van der Waals surface area contributed by atoms with Gasteiger partial charge in [-0.25, -0.2) is 4.98 Å². The number of anilines is 1. The van der Waals surface area contributed by atoms with Gasteiger partial charge in [0.05, 0.1) is 17.7 Å². The van der Waals surface area contributed by atoms with Crippen molar-refractivity contribution in [1.29, 1.82) is 0 Å². The average Bonchev–Trinajstić information content (AvgIpc) is 2.73. The zero-order chi connectivity index (χ0) is 14.0. The van der Waals surface area contributed by atoms with E-state index < -0.39 is 7.04 Å². The number of hydrogen-bond donors (Lipinski definition) is 2. The normalized spacial score (nSPS) is 16.8. The van der Waals surface area contributed by atoms with E-state index in [1.807, 2.05) is 0 Å². The van der Waals surface area contributed by atoms with Gasteiger partial charge in [0, 0.05) is 6.54 Å². The summed E-state index contributed by atoms with van der Waals surface area (Å²) in [4.78, 5) is 12.0. The van der Waals surface area contributed by atoms with Crippen molar-refractivity contribution in [3.63, 3.8) is 0 Å². The van der Waals surface area contributed by atoms with Gasteiger partial charge < -0.3 is 15.4 Å². The summed E-state index contributed by atoms with van der Waals surface area (Å²) in [5, 5.41) is 5.87. The van der Waals surface area contributed by atoms with Crippen LogP contribution in [-0.2, 0) is 0 Å². The van der Waals surface area contributed by atoms with Crippen molar-refractivity contribution in [3.05, 3.63) is 11.0 Å². The number of hydrogen-bond acceptors (Lipinski definition) is 6. The lowest BCUT2D eigenvalue weighted by Gasteiger charge is -2.11. The Kier molecular flexibility index (Phi) is 3.37. The third-order valence-corrected chi connectivity index (χ3v) is 2.23. The summed E-state index contributed by atoms with van der Waals surface area (Å²) in [6.07, 6.45) is 0. The van der Waals surface area contributed by atoms with Gasteiger partial charge in [-0.15, -0.1) is 12.4 Å². The van der Waals surface area contributed by atoms with Gasteiger partial charge in [-0.3, -0.25) is 4.99 Å². The minimum Gasteiger partial charge on any atom is -0.479 e. The van der Waals surface area contributed by atoms with E-state index in [1.165, 1.54) is 0 Å². The number of ether oxygens (including phenoxy) is 1. The van der Waals surface area contributed by atoms with Crippen LogP contribution in [0.5, 0.6) is 5.88 Å². The highest BCUT2D eigenvalue weighted by Crippen LogP contribution is 2.28. The maximum atomic E-state index is 7.13. The summed E-state index contributed by atoms with van der Waals surface area (Å²) in [6.45, 7) is 2.91. The lowest BCUT2D eigenvalue weighted by Crippen LogP contribution is -2.26. The molecule has 94 valence electrons. The maximum absolute atomic E-state index is 7.13. The molecule has 2 heterocycles. The third-order valence-electron chi connectivity index (χ3n) is 1.96. The number of aryl methyl sites for hydroxylation is 1. The lowest BCUT2D eigenvalue weighted by atomic mass is 10.4. The minimum atomic E-state index is -2.62. The van der Waals surface area contributed by atoms with Crippen LogP contribution < -0.4 is 15.4 Å². The molecule has 17 heavy (non-hydrogen) atoms. The van der Waals surface area contributed by atoms with Gasteiger partial charge in [0.15, 0.2) is 11.1 Å². The summed E-state index contributed by atoms with van der Waals surface area (Å²) < 4.78 is 26.2. The van der Waals surface area contributed by atoms with Gasteiger partial charge in [0.25, 0.3) is 0 Å². The summed E-state index contributed by atoms with van der Waals surface area (Å²) >= 11 is 5.98. The zero-order valence-electron chi connectivity index (χ0n) is 12.0. The Bertz CT molecular complexity index is 523. The van der Waals surface area contributed by atoms with Crippen LogP contribution in [-0.4, -0.2) is 36.1 Å². The van der Waals surface area contributed by atoms with Gasteiger partial charge in [-0.1, -0.05) is 11.6 Å². The Morgan fingerprint density at radius 3 is 3.00 bits per heavy atom. The molecular formula is C9H13Cl2N5O. The number of halogens is 2. The molecule has 1 aliphatic rings. The zero-order valence-corrected chi connectivity index (χ0v) is 10.5. The van der Waals surface area contributed by atoms with Crippen molar-refractivity contribution < 1.29 is 8.85 Å². The fraction of sp³-hybridized carbons (Fsp3) is 0.444. The predicted molar refractivity (Wildman–Crippen MR) is 69.5 cm³/mol. The highest BCUT2D eigenvalue weighted by Gasteiger charge is 2.15. The number of aromatic nitrogens is 2. The molecule has 0 saturated carbocycles. The SMILES string of the molecule is Cl.[2H][13C]([2H])([2H])Oc1nc(C)nc(Cl)c1NC1=NCCN1. The first-order valence-corrected chi connectivity index (χ1v) is 5.01. The Labute approximate surface area is 114 Å². The molecule has 0 unspecified atom stereocenters. The van der Waals surface area contributed by atoms with Crippen molar-refractivity contribution in [1.82, 2.24) is 15.3 Å². The van der Waals surface area contributed by atoms with Gasteiger partial charge in [-0.2, -0.15) is 4.98 Å². The van der Waals surface area contributed by atoms with E-state index in [4.69, 9.17) is 20.5 Å². The summed E-state index contributed by atoms with van der Waals surface area (Å²) in [5.41, 5.74) is 0.177.